The molecule has 0 amide bonds. The number of thiazole rings is 1. The maximum Gasteiger partial charge on any atom is 0.302 e. The van der Waals surface area contributed by atoms with Crippen LogP contribution in [0.5, 0.6) is 0 Å². The Morgan fingerprint density at radius 1 is 0.717 bits per heavy atom. The number of allylic oxidation sites excluding steroid dienone is 6. The zero-order valence-corrected chi connectivity index (χ0v) is 36.5. The number of nitrogens with zero attached hydrogens (tertiary/aromatic N) is 2. The number of esters is 2. The molecule has 0 spiro atoms. The molecule has 0 bridgehead atoms. The topological polar surface area (TPSA) is 59.7 Å². The minimum absolute atomic E-state index is 0.208. The third kappa shape index (κ3) is 10.4. The van der Waals surface area contributed by atoms with Gasteiger partial charge in [-0.1, -0.05) is 102 Å². The lowest BCUT2D eigenvalue weighted by molar-refractivity contribution is -0.669. The molecule has 8 heteroatoms. The van der Waals surface area contributed by atoms with Crippen molar-refractivity contribution in [2.24, 2.45) is 5.92 Å². The Hall–Kier alpha value is -5.18. The molecule has 1 atom stereocenters. The summed E-state index contributed by atoms with van der Waals surface area (Å²) in [7, 11) is 0. The van der Waals surface area contributed by atoms with Gasteiger partial charge in [-0.25, -0.2) is 0 Å². The van der Waals surface area contributed by atoms with Crippen molar-refractivity contribution in [3.63, 3.8) is 0 Å². The molecule has 6 nitrogen and oxygen atoms in total. The number of carbonyl (C=O) groups is 2. The number of benzene rings is 4. The molecule has 2 aliphatic carbocycles. The van der Waals surface area contributed by atoms with Crippen molar-refractivity contribution >= 4 is 57.0 Å². The molecular formula is C52H55N2O4S2+. The zero-order chi connectivity index (χ0) is 41.3. The molecule has 2 heterocycles. The van der Waals surface area contributed by atoms with Crippen molar-refractivity contribution in [2.75, 3.05) is 24.7 Å². The third-order valence-electron chi connectivity index (χ3n) is 11.7. The highest BCUT2D eigenvalue weighted by molar-refractivity contribution is 8.03. The predicted molar refractivity (Wildman–Crippen MR) is 248 cm³/mol. The number of thioether (sulfide) groups is 1. The average Bonchev–Trinajstić information content (AvgIpc) is 3.78. The molecule has 5 aromatic rings. The molecule has 8 rings (SSSR count). The van der Waals surface area contributed by atoms with Gasteiger partial charge in [0, 0.05) is 43.9 Å². The first-order valence-electron chi connectivity index (χ1n) is 21.7. The van der Waals surface area contributed by atoms with Crippen molar-refractivity contribution in [1.29, 1.82) is 0 Å². The molecule has 0 N–H and O–H groups in total. The second-order valence-electron chi connectivity index (χ2n) is 16.1. The molecule has 0 saturated carbocycles. The molecule has 1 aliphatic heterocycles. The second-order valence-corrected chi connectivity index (χ2v) is 18.2. The lowest BCUT2D eigenvalue weighted by Crippen LogP contribution is -2.35. The lowest BCUT2D eigenvalue weighted by atomic mass is 9.77. The molecule has 4 aromatic carbocycles. The van der Waals surface area contributed by atoms with E-state index in [1.54, 1.807) is 0 Å². The van der Waals surface area contributed by atoms with Gasteiger partial charge < -0.3 is 14.4 Å². The monoisotopic (exact) mass is 835 g/mol. The van der Waals surface area contributed by atoms with Gasteiger partial charge in [0.2, 0.25) is 5.52 Å². The van der Waals surface area contributed by atoms with Crippen LogP contribution in [0.15, 0.2) is 142 Å². The summed E-state index contributed by atoms with van der Waals surface area (Å²) in [6.45, 7) is 5.78. The lowest BCUT2D eigenvalue weighted by Gasteiger charge is -2.29. The van der Waals surface area contributed by atoms with Crippen LogP contribution in [0.3, 0.4) is 0 Å². The highest BCUT2D eigenvalue weighted by atomic mass is 32.2. The number of aryl methyl sites for hydroxylation is 1. The second kappa shape index (κ2) is 19.9. The van der Waals surface area contributed by atoms with Gasteiger partial charge in [0.1, 0.15) is 4.70 Å². The Kier molecular flexibility index (Phi) is 13.8. The molecule has 1 unspecified atom stereocenters. The summed E-state index contributed by atoms with van der Waals surface area (Å²) in [5.74, 6) is 0.181. The van der Waals surface area contributed by atoms with E-state index < -0.39 is 0 Å². The van der Waals surface area contributed by atoms with Crippen molar-refractivity contribution in [3.8, 4) is 22.3 Å². The Morgan fingerprint density at radius 3 is 2.10 bits per heavy atom. The first kappa shape index (κ1) is 41.5. The Bertz CT molecular complexity index is 2450. The van der Waals surface area contributed by atoms with Gasteiger partial charge in [-0.15, -0.1) is 0 Å². The summed E-state index contributed by atoms with van der Waals surface area (Å²) in [5, 5.41) is 2.59. The van der Waals surface area contributed by atoms with E-state index in [2.05, 4.69) is 131 Å². The van der Waals surface area contributed by atoms with Crippen LogP contribution in [0.2, 0.25) is 0 Å². The molecule has 60 heavy (non-hydrogen) atoms. The summed E-state index contributed by atoms with van der Waals surface area (Å²) in [6, 6.07) is 35.1. The van der Waals surface area contributed by atoms with Crippen LogP contribution in [0.1, 0.15) is 83.1 Å². The first-order chi connectivity index (χ1) is 29.4. The van der Waals surface area contributed by atoms with Crippen molar-refractivity contribution < 1.29 is 23.6 Å². The molecular weight excluding hydrogens is 781 g/mol. The fourth-order valence-corrected chi connectivity index (χ4v) is 11.0. The molecule has 308 valence electrons. The number of aromatic nitrogens is 1. The van der Waals surface area contributed by atoms with Gasteiger partial charge in [0.15, 0.2) is 6.54 Å². The standard InChI is InChI=1S/C52H55N2O4S2/c1-37(55)57-29-13-5-11-27-53-47-25-23-44(41-15-7-3-8-16-41)35-49(47)59-51(53)33-39-19-21-43-22-20-40(32-46(43)31-39)34-52-54(28-12-6-14-30-58-38(2)56)48-26-24-45(36-50(48)60-52)42-17-9-4-10-18-42/h3-4,7-10,15-18,23-26,31-36,43H,5-6,11-14,19-22,27-30H2,1-2H3/q+1. The van der Waals surface area contributed by atoms with Gasteiger partial charge in [-0.05, 0) is 133 Å². The van der Waals surface area contributed by atoms with Crippen LogP contribution in [-0.2, 0) is 25.6 Å². The van der Waals surface area contributed by atoms with Crippen LogP contribution >= 0.6 is 23.1 Å². The van der Waals surface area contributed by atoms with Gasteiger partial charge in [0.05, 0.1) is 23.9 Å². The predicted octanol–water partition coefficient (Wildman–Crippen LogP) is 12.9. The van der Waals surface area contributed by atoms with E-state index in [0.29, 0.717) is 19.1 Å². The van der Waals surface area contributed by atoms with E-state index in [9.17, 15) is 9.59 Å². The van der Waals surface area contributed by atoms with Crippen LogP contribution < -0.4 is 9.47 Å². The van der Waals surface area contributed by atoms with E-state index in [1.165, 1.54) is 96.5 Å². The number of carbonyl (C=O) groups excluding carboxylic acids is 2. The van der Waals surface area contributed by atoms with E-state index in [0.717, 1.165) is 64.5 Å². The van der Waals surface area contributed by atoms with Crippen LogP contribution in [0.25, 0.3) is 38.5 Å². The first-order valence-corrected chi connectivity index (χ1v) is 23.3. The third-order valence-corrected chi connectivity index (χ3v) is 13.9. The maximum atomic E-state index is 11.3. The fourth-order valence-electron chi connectivity index (χ4n) is 8.59. The molecule has 0 radical (unpaired) electrons. The highest BCUT2D eigenvalue weighted by Crippen LogP contribution is 2.49. The van der Waals surface area contributed by atoms with E-state index in [4.69, 9.17) is 9.47 Å². The number of hydrogen-bond acceptors (Lipinski definition) is 7. The van der Waals surface area contributed by atoms with Gasteiger partial charge in [-0.3, -0.25) is 9.59 Å². The highest BCUT2D eigenvalue weighted by Gasteiger charge is 2.28. The van der Waals surface area contributed by atoms with E-state index in [-0.39, 0.29) is 11.9 Å². The minimum Gasteiger partial charge on any atom is -0.466 e. The summed E-state index contributed by atoms with van der Waals surface area (Å²) in [6.07, 6.45) is 20.2. The minimum atomic E-state index is -0.208. The molecule has 3 aliphatic rings. The molecule has 1 aromatic heterocycles. The maximum absolute atomic E-state index is 11.3. The number of rotatable bonds is 16. The summed E-state index contributed by atoms with van der Waals surface area (Å²) in [5.41, 5.74) is 11.8. The Balaban J connectivity index is 1.05. The number of fused-ring (bicyclic) bond motifs is 3. The average molecular weight is 836 g/mol. The fraction of sp³-hybridized carbons (Fsp3) is 0.327. The van der Waals surface area contributed by atoms with Crippen molar-refractivity contribution in [1.82, 2.24) is 0 Å². The van der Waals surface area contributed by atoms with Crippen LogP contribution in [-0.4, -0.2) is 31.7 Å². The zero-order valence-electron chi connectivity index (χ0n) is 34.9. The normalized spacial score (nSPS) is 17.4. The van der Waals surface area contributed by atoms with Crippen LogP contribution in [0.4, 0.5) is 5.69 Å². The Labute approximate surface area is 363 Å². The quantitative estimate of drug-likeness (QED) is 0.0561. The largest absolute Gasteiger partial charge is 0.466 e. The number of hydrogen-bond donors (Lipinski definition) is 0. The van der Waals surface area contributed by atoms with Gasteiger partial charge in [-0.2, -0.15) is 4.57 Å². The van der Waals surface area contributed by atoms with Gasteiger partial charge >= 0.3 is 11.9 Å². The van der Waals surface area contributed by atoms with E-state index in [1.807, 2.05) is 23.1 Å². The number of anilines is 1. The smallest absolute Gasteiger partial charge is 0.302 e. The summed E-state index contributed by atoms with van der Waals surface area (Å²) < 4.78 is 14.2. The summed E-state index contributed by atoms with van der Waals surface area (Å²) in [4.78, 5) is 26.4. The molecule has 0 fully saturated rings. The SMILES string of the molecule is CC(=O)OCCCCCN1C(=CC2=CC3=CC(=Cc4sc5cc(-c6ccccc6)ccc5[n+]4CCCCCOC(C)=O)CCC3CC2)Sc2cc(-c3ccccc3)ccc21. The van der Waals surface area contributed by atoms with E-state index >= 15 is 0 Å². The summed E-state index contributed by atoms with van der Waals surface area (Å²) >= 11 is 3.78. The molecule has 0 saturated heterocycles. The van der Waals surface area contributed by atoms with Crippen LogP contribution in [0, 0.1) is 5.92 Å². The van der Waals surface area contributed by atoms with Crippen molar-refractivity contribution in [2.45, 2.75) is 89.5 Å². The number of unbranched alkanes of at least 4 members (excludes halogenated alkanes) is 4. The number of ether oxygens (including phenoxy) is 2. The van der Waals surface area contributed by atoms with Gasteiger partial charge in [0.25, 0.3) is 5.01 Å². The van der Waals surface area contributed by atoms with Crippen molar-refractivity contribution in [3.05, 3.63) is 142 Å². The Morgan fingerprint density at radius 2 is 1.38 bits per heavy atom.